The van der Waals surface area contributed by atoms with Crippen LogP contribution in [0.2, 0.25) is 0 Å². The van der Waals surface area contributed by atoms with E-state index in [4.69, 9.17) is 9.84 Å². The average molecular weight is 381 g/mol. The molecule has 0 unspecified atom stereocenters. The van der Waals surface area contributed by atoms with Gasteiger partial charge in [0.1, 0.15) is 11.6 Å². The van der Waals surface area contributed by atoms with E-state index < -0.39 is 5.97 Å². The largest absolute Gasteiger partial charge is 0.492 e. The zero-order chi connectivity index (χ0) is 17.2. The molecule has 0 saturated carbocycles. The van der Waals surface area contributed by atoms with Gasteiger partial charge in [-0.15, -0.1) is 0 Å². The van der Waals surface area contributed by atoms with Crippen LogP contribution in [-0.2, 0) is 4.79 Å². The Bertz CT molecular complexity index is 730. The van der Waals surface area contributed by atoms with E-state index in [0.717, 1.165) is 11.6 Å². The van der Waals surface area contributed by atoms with Gasteiger partial charge in [0.25, 0.3) is 0 Å². The molecule has 122 valence electrons. The van der Waals surface area contributed by atoms with E-state index in [1.807, 2.05) is 26.0 Å². The van der Waals surface area contributed by atoms with Crippen LogP contribution in [0, 0.1) is 11.2 Å². The van der Waals surface area contributed by atoms with Crippen molar-refractivity contribution in [3.63, 3.8) is 0 Å². The molecule has 5 heteroatoms. The second-order valence-corrected chi connectivity index (χ2v) is 6.99. The van der Waals surface area contributed by atoms with E-state index in [1.165, 1.54) is 6.07 Å². The molecule has 1 aliphatic rings. The summed E-state index contributed by atoms with van der Waals surface area (Å²) in [5.74, 6) is -0.719. The summed E-state index contributed by atoms with van der Waals surface area (Å²) in [4.78, 5) is 10.7. The number of hydrogen-bond donors (Lipinski definition) is 1. The summed E-state index contributed by atoms with van der Waals surface area (Å²) in [6.45, 7) is 6.21. The molecule has 0 fully saturated rings. The predicted octanol–water partition coefficient (Wildman–Crippen LogP) is 4.98. The lowest BCUT2D eigenvalue weighted by Crippen LogP contribution is -2.21. The topological polar surface area (TPSA) is 46.5 Å². The molecule has 0 amide bonds. The molecular weight excluding hydrogens is 363 g/mol. The van der Waals surface area contributed by atoms with Crippen molar-refractivity contribution in [3.8, 4) is 5.75 Å². The zero-order valence-electron chi connectivity index (χ0n) is 13.2. The molecule has 1 heterocycles. The van der Waals surface area contributed by atoms with Gasteiger partial charge in [0.15, 0.2) is 0 Å². The van der Waals surface area contributed by atoms with Gasteiger partial charge in [0.05, 0.1) is 11.1 Å². The number of aliphatic carboxylic acids is 1. The van der Waals surface area contributed by atoms with Crippen molar-refractivity contribution in [2.45, 2.75) is 20.8 Å². The number of allylic oxidation sites excluding steroid dienone is 3. The van der Waals surface area contributed by atoms with Gasteiger partial charge in [-0.25, -0.2) is 9.18 Å². The number of carboxylic acids is 1. The Hall–Kier alpha value is -1.88. The third-order valence-corrected chi connectivity index (χ3v) is 4.22. The summed E-state index contributed by atoms with van der Waals surface area (Å²) < 4.78 is 20.0. The normalized spacial score (nSPS) is 17.3. The van der Waals surface area contributed by atoms with Crippen LogP contribution in [0.25, 0.3) is 6.08 Å². The molecule has 0 bridgehead atoms. The lowest BCUT2D eigenvalue weighted by Gasteiger charge is -2.24. The minimum atomic E-state index is -0.984. The fraction of sp³-hybridized carbons (Fsp3) is 0.278. The van der Waals surface area contributed by atoms with Crippen molar-refractivity contribution in [2.24, 2.45) is 5.41 Å². The monoisotopic (exact) mass is 380 g/mol. The van der Waals surface area contributed by atoms with Gasteiger partial charge in [0, 0.05) is 17.1 Å². The smallest absolute Gasteiger partial charge is 0.328 e. The standard InChI is InChI=1S/C18H18BrFO3/c1-11(6-17(21)22)4-5-13-7-12-8-15(20)14(19)9-16(12)23-10-18(13,2)3/h4-9H,10H2,1-3H3,(H,21,22)/b5-4+,11-6+. The molecule has 3 nitrogen and oxygen atoms in total. The summed E-state index contributed by atoms with van der Waals surface area (Å²) in [5, 5.41) is 8.76. The molecule has 0 atom stereocenters. The SMILES string of the molecule is CC(/C=C/C1=Cc2cc(F)c(Br)cc2OCC1(C)C)=C\C(=O)O. The first-order valence-corrected chi connectivity index (χ1v) is 7.92. The number of benzene rings is 1. The highest BCUT2D eigenvalue weighted by atomic mass is 79.9. The maximum Gasteiger partial charge on any atom is 0.328 e. The molecular formula is C18H18BrFO3. The summed E-state index contributed by atoms with van der Waals surface area (Å²) in [6.07, 6.45) is 6.61. The van der Waals surface area contributed by atoms with Crippen molar-refractivity contribution in [3.05, 3.63) is 57.4 Å². The van der Waals surface area contributed by atoms with Gasteiger partial charge in [-0.2, -0.15) is 0 Å². The maximum atomic E-state index is 13.8. The van der Waals surface area contributed by atoms with E-state index in [1.54, 1.807) is 19.1 Å². The Morgan fingerprint density at radius 3 is 2.78 bits per heavy atom. The van der Waals surface area contributed by atoms with Gasteiger partial charge in [-0.05, 0) is 52.2 Å². The van der Waals surface area contributed by atoms with Crippen LogP contribution in [0.5, 0.6) is 5.75 Å². The lowest BCUT2D eigenvalue weighted by atomic mass is 9.84. The molecule has 0 aliphatic carbocycles. The Kier molecular flexibility index (Phi) is 5.09. The average Bonchev–Trinajstić information content (AvgIpc) is 2.54. The quantitative estimate of drug-likeness (QED) is 0.594. The first-order chi connectivity index (χ1) is 10.7. The number of rotatable bonds is 3. The molecule has 0 spiro atoms. The van der Waals surface area contributed by atoms with E-state index in [-0.39, 0.29) is 11.2 Å². The predicted molar refractivity (Wildman–Crippen MR) is 91.9 cm³/mol. The Morgan fingerprint density at radius 2 is 2.13 bits per heavy atom. The lowest BCUT2D eigenvalue weighted by molar-refractivity contribution is -0.131. The molecule has 0 radical (unpaired) electrons. The number of fused-ring (bicyclic) bond motifs is 1. The first-order valence-electron chi connectivity index (χ1n) is 7.12. The summed E-state index contributed by atoms with van der Waals surface area (Å²) in [7, 11) is 0. The number of carbonyl (C=O) groups is 1. The number of halogens is 2. The highest BCUT2D eigenvalue weighted by Gasteiger charge is 2.26. The molecule has 0 aromatic heterocycles. The van der Waals surface area contributed by atoms with Gasteiger partial charge in [-0.3, -0.25) is 0 Å². The van der Waals surface area contributed by atoms with E-state index in [2.05, 4.69) is 15.9 Å². The Morgan fingerprint density at radius 1 is 1.43 bits per heavy atom. The number of hydrogen-bond acceptors (Lipinski definition) is 2. The van der Waals surface area contributed by atoms with Gasteiger partial charge < -0.3 is 9.84 Å². The molecule has 0 saturated heterocycles. The van der Waals surface area contributed by atoms with E-state index in [0.29, 0.717) is 28.0 Å². The second-order valence-electron chi connectivity index (χ2n) is 6.14. The number of carboxylic acid groups (broad SMARTS) is 1. The van der Waals surface area contributed by atoms with Crippen molar-refractivity contribution in [1.29, 1.82) is 0 Å². The van der Waals surface area contributed by atoms with Crippen LogP contribution in [0.4, 0.5) is 4.39 Å². The fourth-order valence-electron chi connectivity index (χ4n) is 2.22. The highest BCUT2D eigenvalue weighted by molar-refractivity contribution is 9.10. The first kappa shape index (κ1) is 17.5. The molecule has 1 aromatic rings. The van der Waals surface area contributed by atoms with Gasteiger partial charge >= 0.3 is 5.97 Å². The summed E-state index contributed by atoms with van der Waals surface area (Å²) in [5.41, 5.74) is 1.94. The van der Waals surface area contributed by atoms with Crippen molar-refractivity contribution >= 4 is 28.0 Å². The third kappa shape index (κ3) is 4.32. The van der Waals surface area contributed by atoms with Gasteiger partial charge in [-0.1, -0.05) is 26.0 Å². The van der Waals surface area contributed by atoms with Crippen molar-refractivity contribution in [2.75, 3.05) is 6.61 Å². The fourth-order valence-corrected chi connectivity index (χ4v) is 2.55. The van der Waals surface area contributed by atoms with Crippen molar-refractivity contribution < 1.29 is 19.0 Å². The van der Waals surface area contributed by atoms with Crippen LogP contribution in [-0.4, -0.2) is 17.7 Å². The third-order valence-electron chi connectivity index (χ3n) is 3.61. The van der Waals surface area contributed by atoms with Crippen molar-refractivity contribution in [1.82, 2.24) is 0 Å². The minimum Gasteiger partial charge on any atom is -0.492 e. The number of ether oxygens (including phenoxy) is 1. The maximum absolute atomic E-state index is 13.8. The van der Waals surface area contributed by atoms with Crippen LogP contribution in [0.1, 0.15) is 26.3 Å². The van der Waals surface area contributed by atoms with Crippen LogP contribution >= 0.6 is 15.9 Å². The van der Waals surface area contributed by atoms with E-state index in [9.17, 15) is 9.18 Å². The zero-order valence-corrected chi connectivity index (χ0v) is 14.8. The Balaban J connectivity index is 2.45. The van der Waals surface area contributed by atoms with E-state index >= 15 is 0 Å². The highest BCUT2D eigenvalue weighted by Crippen LogP contribution is 2.38. The molecule has 2 rings (SSSR count). The molecule has 1 aromatic carbocycles. The van der Waals surface area contributed by atoms with Gasteiger partial charge in [0.2, 0.25) is 0 Å². The minimum absolute atomic E-state index is 0.290. The molecule has 23 heavy (non-hydrogen) atoms. The van der Waals surface area contributed by atoms with Crippen LogP contribution < -0.4 is 4.74 Å². The molecule has 1 aliphatic heterocycles. The van der Waals surface area contributed by atoms with Crippen LogP contribution in [0.3, 0.4) is 0 Å². The van der Waals surface area contributed by atoms with Crippen LogP contribution in [0.15, 0.2) is 46.0 Å². The summed E-state index contributed by atoms with van der Waals surface area (Å²) >= 11 is 3.16. The second kappa shape index (κ2) is 6.71. The Labute approximate surface area is 143 Å². The summed E-state index contributed by atoms with van der Waals surface area (Å²) in [6, 6.07) is 3.05. The molecule has 1 N–H and O–H groups in total.